The van der Waals surface area contributed by atoms with Crippen molar-refractivity contribution >= 4 is 5.78 Å². The maximum atomic E-state index is 11.2. The molecular weight excluding hydrogens is 138 g/mol. The van der Waals surface area contributed by atoms with E-state index in [2.05, 4.69) is 25.1 Å². The highest BCUT2D eigenvalue weighted by molar-refractivity contribution is 5.97. The van der Waals surface area contributed by atoms with Crippen LogP contribution in [0.4, 0.5) is 0 Å². The average molecular weight is 151 g/mol. The highest BCUT2D eigenvalue weighted by Gasteiger charge is 2.38. The predicted molar refractivity (Wildman–Crippen MR) is 44.0 cm³/mol. The van der Waals surface area contributed by atoms with Crippen molar-refractivity contribution in [3.05, 3.63) is 0 Å². The van der Waals surface area contributed by atoms with Crippen LogP contribution < -0.4 is 5.32 Å². The first-order chi connectivity index (χ1) is 5.08. The van der Waals surface area contributed by atoms with Crippen LogP contribution in [0.3, 0.4) is 0 Å². The van der Waals surface area contributed by atoms with Gasteiger partial charge < -0.3 is 5.32 Å². The van der Waals surface area contributed by atoms with Crippen LogP contribution in [0.1, 0.15) is 13.8 Å². The third kappa shape index (κ3) is 1.44. The van der Waals surface area contributed by atoms with Crippen molar-refractivity contribution in [3.63, 3.8) is 0 Å². The van der Waals surface area contributed by atoms with Crippen molar-refractivity contribution in [1.82, 2.24) is 5.32 Å². The van der Waals surface area contributed by atoms with Gasteiger partial charge in [0.05, 0.1) is 0 Å². The standard InChI is InChI=1S/C9H13NO/c1-4-8(11)7-5-10-6-9(7,2)3/h1,7,10H,5-6H2,2-3H3. The lowest BCUT2D eigenvalue weighted by Crippen LogP contribution is -2.28. The Morgan fingerprint density at radius 2 is 2.36 bits per heavy atom. The second kappa shape index (κ2) is 2.67. The Labute approximate surface area is 67.4 Å². The van der Waals surface area contributed by atoms with E-state index >= 15 is 0 Å². The Morgan fingerprint density at radius 1 is 1.73 bits per heavy atom. The van der Waals surface area contributed by atoms with Crippen LogP contribution in [-0.4, -0.2) is 18.9 Å². The summed E-state index contributed by atoms with van der Waals surface area (Å²) in [7, 11) is 0. The summed E-state index contributed by atoms with van der Waals surface area (Å²) in [6.07, 6.45) is 5.05. The molecule has 1 rings (SSSR count). The first-order valence-electron chi connectivity index (χ1n) is 3.79. The Morgan fingerprint density at radius 3 is 2.73 bits per heavy atom. The molecule has 1 unspecified atom stereocenters. The zero-order valence-electron chi connectivity index (χ0n) is 6.98. The maximum absolute atomic E-state index is 11.2. The number of rotatable bonds is 1. The van der Waals surface area contributed by atoms with Crippen LogP contribution in [0.2, 0.25) is 0 Å². The quantitative estimate of drug-likeness (QED) is 0.435. The summed E-state index contributed by atoms with van der Waals surface area (Å²) in [5.74, 6) is 2.12. The number of ketones is 1. The fourth-order valence-electron chi connectivity index (χ4n) is 1.49. The van der Waals surface area contributed by atoms with Gasteiger partial charge in [-0.3, -0.25) is 4.79 Å². The van der Waals surface area contributed by atoms with Gasteiger partial charge in [-0.25, -0.2) is 0 Å². The lowest BCUT2D eigenvalue weighted by atomic mass is 9.80. The molecule has 0 amide bonds. The summed E-state index contributed by atoms with van der Waals surface area (Å²) in [6.45, 7) is 5.74. The van der Waals surface area contributed by atoms with Crippen molar-refractivity contribution in [2.75, 3.05) is 13.1 Å². The minimum atomic E-state index is -0.0694. The topological polar surface area (TPSA) is 29.1 Å². The molecule has 1 atom stereocenters. The summed E-state index contributed by atoms with van der Waals surface area (Å²) >= 11 is 0. The number of terminal acetylenes is 1. The van der Waals surface area contributed by atoms with Crippen molar-refractivity contribution in [2.24, 2.45) is 11.3 Å². The molecule has 0 bridgehead atoms. The van der Waals surface area contributed by atoms with Crippen molar-refractivity contribution in [2.45, 2.75) is 13.8 Å². The lowest BCUT2D eigenvalue weighted by molar-refractivity contribution is -0.119. The zero-order valence-corrected chi connectivity index (χ0v) is 6.98. The molecule has 2 heteroatoms. The van der Waals surface area contributed by atoms with E-state index in [4.69, 9.17) is 6.42 Å². The molecule has 0 aromatic rings. The molecule has 0 saturated carbocycles. The minimum absolute atomic E-state index is 0.00694. The molecule has 1 aliphatic heterocycles. The molecule has 1 heterocycles. The van der Waals surface area contributed by atoms with Gasteiger partial charge in [-0.1, -0.05) is 13.8 Å². The summed E-state index contributed by atoms with van der Waals surface area (Å²) in [5, 5.41) is 3.16. The van der Waals surface area contributed by atoms with E-state index in [-0.39, 0.29) is 17.1 Å². The van der Waals surface area contributed by atoms with E-state index in [0.717, 1.165) is 13.1 Å². The molecule has 60 valence electrons. The predicted octanol–water partition coefficient (Wildman–Crippen LogP) is 0.434. The molecule has 0 aromatic heterocycles. The largest absolute Gasteiger partial charge is 0.315 e. The van der Waals surface area contributed by atoms with Crippen LogP contribution in [0.25, 0.3) is 0 Å². The van der Waals surface area contributed by atoms with Crippen LogP contribution in [0.5, 0.6) is 0 Å². The Kier molecular flexibility index (Phi) is 2.01. The maximum Gasteiger partial charge on any atom is 0.210 e. The van der Waals surface area contributed by atoms with E-state index in [0.29, 0.717) is 0 Å². The summed E-state index contributed by atoms with van der Waals surface area (Å²) in [5.41, 5.74) is 0.0312. The van der Waals surface area contributed by atoms with Crippen LogP contribution in [-0.2, 0) is 4.79 Å². The SMILES string of the molecule is C#CC(=O)C1CNCC1(C)C. The molecule has 0 spiro atoms. The second-order valence-corrected chi connectivity index (χ2v) is 3.68. The number of Topliss-reactive ketones (excluding diaryl/α,β-unsaturated/α-hetero) is 1. The molecule has 1 saturated heterocycles. The molecule has 0 aliphatic carbocycles. The summed E-state index contributed by atoms with van der Waals surface area (Å²) in [4.78, 5) is 11.2. The van der Waals surface area contributed by atoms with Gasteiger partial charge in [-0.2, -0.15) is 0 Å². The van der Waals surface area contributed by atoms with Gasteiger partial charge in [0.25, 0.3) is 0 Å². The smallest absolute Gasteiger partial charge is 0.210 e. The van der Waals surface area contributed by atoms with Gasteiger partial charge in [-0.15, -0.1) is 6.42 Å². The first kappa shape index (κ1) is 8.29. The number of nitrogens with one attached hydrogen (secondary N) is 1. The summed E-state index contributed by atoms with van der Waals surface area (Å²) in [6, 6.07) is 0. The van der Waals surface area contributed by atoms with E-state index in [1.807, 2.05) is 0 Å². The van der Waals surface area contributed by atoms with Gasteiger partial charge >= 0.3 is 0 Å². The van der Waals surface area contributed by atoms with E-state index in [1.165, 1.54) is 0 Å². The van der Waals surface area contributed by atoms with Crippen LogP contribution in [0.15, 0.2) is 0 Å². The van der Waals surface area contributed by atoms with E-state index in [1.54, 1.807) is 0 Å². The van der Waals surface area contributed by atoms with Crippen LogP contribution in [0, 0.1) is 23.7 Å². The average Bonchev–Trinajstić information content (AvgIpc) is 2.28. The van der Waals surface area contributed by atoms with Crippen molar-refractivity contribution in [3.8, 4) is 12.3 Å². The number of hydrogen-bond acceptors (Lipinski definition) is 2. The highest BCUT2D eigenvalue weighted by Crippen LogP contribution is 2.30. The fourth-order valence-corrected chi connectivity index (χ4v) is 1.49. The van der Waals surface area contributed by atoms with Gasteiger partial charge in [0, 0.05) is 19.0 Å². The molecule has 0 radical (unpaired) electrons. The molecular formula is C9H13NO. The van der Waals surface area contributed by atoms with Crippen LogP contribution >= 0.6 is 0 Å². The fraction of sp³-hybridized carbons (Fsp3) is 0.667. The molecule has 2 nitrogen and oxygen atoms in total. The van der Waals surface area contributed by atoms with Gasteiger partial charge in [0.15, 0.2) is 0 Å². The van der Waals surface area contributed by atoms with Gasteiger partial charge in [-0.05, 0) is 11.3 Å². The second-order valence-electron chi connectivity index (χ2n) is 3.68. The summed E-state index contributed by atoms with van der Waals surface area (Å²) < 4.78 is 0. The molecule has 1 fully saturated rings. The number of carbonyl (C=O) groups is 1. The van der Waals surface area contributed by atoms with Crippen molar-refractivity contribution in [1.29, 1.82) is 0 Å². The number of carbonyl (C=O) groups excluding carboxylic acids is 1. The van der Waals surface area contributed by atoms with Crippen molar-refractivity contribution < 1.29 is 4.79 Å². The third-order valence-electron chi connectivity index (χ3n) is 2.33. The highest BCUT2D eigenvalue weighted by atomic mass is 16.1. The lowest BCUT2D eigenvalue weighted by Gasteiger charge is -2.22. The third-order valence-corrected chi connectivity index (χ3v) is 2.33. The first-order valence-corrected chi connectivity index (χ1v) is 3.79. The number of hydrogen-bond donors (Lipinski definition) is 1. The van der Waals surface area contributed by atoms with E-state index in [9.17, 15) is 4.79 Å². The Balaban J connectivity index is 2.74. The molecule has 1 aliphatic rings. The zero-order chi connectivity index (χ0) is 8.48. The van der Waals surface area contributed by atoms with Gasteiger partial charge in [0.2, 0.25) is 5.78 Å². The monoisotopic (exact) mass is 151 g/mol. The normalized spacial score (nSPS) is 27.9. The molecule has 0 aromatic carbocycles. The Hall–Kier alpha value is -0.810. The molecule has 11 heavy (non-hydrogen) atoms. The molecule has 1 N–H and O–H groups in total. The van der Waals surface area contributed by atoms with Gasteiger partial charge in [0.1, 0.15) is 0 Å². The minimum Gasteiger partial charge on any atom is -0.315 e. The van der Waals surface area contributed by atoms with E-state index < -0.39 is 0 Å². The Bertz CT molecular complexity index is 212.